The van der Waals surface area contributed by atoms with E-state index in [4.69, 9.17) is 0 Å². The summed E-state index contributed by atoms with van der Waals surface area (Å²) in [6, 6.07) is 4.54. The average Bonchev–Trinajstić information content (AvgIpc) is 2.35. The van der Waals surface area contributed by atoms with E-state index in [1.54, 1.807) is 0 Å². The van der Waals surface area contributed by atoms with E-state index in [-0.39, 0.29) is 6.54 Å². The minimum absolute atomic E-state index is 0.141. The van der Waals surface area contributed by atoms with Crippen molar-refractivity contribution in [2.75, 3.05) is 19.0 Å². The number of carbonyl (C=O) groups is 1. The summed E-state index contributed by atoms with van der Waals surface area (Å²) in [5.74, 6) is -1.03. The summed E-state index contributed by atoms with van der Waals surface area (Å²) in [7, 11) is -4.49. The van der Waals surface area contributed by atoms with Crippen LogP contribution in [-0.2, 0) is 19.6 Å². The molecule has 10 heteroatoms. The minimum atomic E-state index is -5.69. The summed E-state index contributed by atoms with van der Waals surface area (Å²) >= 11 is 0. The fourth-order valence-corrected chi connectivity index (χ4v) is 1.51. The predicted octanol–water partition coefficient (Wildman–Crippen LogP) is 1.50. The lowest BCUT2D eigenvalue weighted by molar-refractivity contribution is -0.138. The molecule has 6 nitrogen and oxygen atoms in total. The van der Waals surface area contributed by atoms with Gasteiger partial charge in [0.05, 0.1) is 7.11 Å². The molecule has 0 aliphatic heterocycles. The molecule has 0 unspecified atom stereocenters. The number of alkyl halides is 3. The SMILES string of the molecule is COC(=O)CNc1ccc(OS(=O)(=O)C(F)(F)F)cc1. The molecule has 0 saturated carbocycles. The van der Waals surface area contributed by atoms with Gasteiger partial charge in [-0.15, -0.1) is 0 Å². The van der Waals surface area contributed by atoms with Crippen molar-refractivity contribution in [1.29, 1.82) is 0 Å². The normalized spacial score (nSPS) is 11.8. The van der Waals surface area contributed by atoms with Crippen LogP contribution >= 0.6 is 0 Å². The highest BCUT2D eigenvalue weighted by molar-refractivity contribution is 7.87. The molecule has 1 N–H and O–H groups in total. The summed E-state index contributed by atoms with van der Waals surface area (Å²) < 4.78 is 65.9. The van der Waals surface area contributed by atoms with Gasteiger partial charge in [0.15, 0.2) is 0 Å². The lowest BCUT2D eigenvalue weighted by Gasteiger charge is -2.10. The molecule has 0 atom stereocenters. The van der Waals surface area contributed by atoms with Gasteiger partial charge in [0.25, 0.3) is 0 Å². The van der Waals surface area contributed by atoms with Gasteiger partial charge in [-0.1, -0.05) is 0 Å². The minimum Gasteiger partial charge on any atom is -0.468 e. The molecular formula is C10H10F3NO5S. The molecule has 0 amide bonds. The number of nitrogens with one attached hydrogen (secondary N) is 1. The Kier molecular flexibility index (Phi) is 4.82. The van der Waals surface area contributed by atoms with Crippen molar-refractivity contribution in [3.63, 3.8) is 0 Å². The largest absolute Gasteiger partial charge is 0.534 e. The highest BCUT2D eigenvalue weighted by atomic mass is 32.2. The van der Waals surface area contributed by atoms with Crippen LogP contribution in [0.3, 0.4) is 0 Å². The van der Waals surface area contributed by atoms with Crippen molar-refractivity contribution in [2.24, 2.45) is 0 Å². The Morgan fingerprint density at radius 1 is 1.25 bits per heavy atom. The molecule has 1 aromatic carbocycles. The number of anilines is 1. The second-order valence-corrected chi connectivity index (χ2v) is 4.98. The molecule has 0 fully saturated rings. The monoisotopic (exact) mass is 313 g/mol. The predicted molar refractivity (Wildman–Crippen MR) is 62.6 cm³/mol. The standard InChI is InChI=1S/C10H10F3NO5S/c1-18-9(15)6-14-7-2-4-8(5-3-7)19-20(16,17)10(11,12)13/h2-5,14H,6H2,1H3. The molecule has 0 radical (unpaired) electrons. The van der Waals surface area contributed by atoms with E-state index >= 15 is 0 Å². The highest BCUT2D eigenvalue weighted by Gasteiger charge is 2.48. The summed E-state index contributed by atoms with van der Waals surface area (Å²) in [4.78, 5) is 10.8. The first-order valence-corrected chi connectivity index (χ1v) is 6.48. The van der Waals surface area contributed by atoms with Crippen LogP contribution in [0, 0.1) is 0 Å². The number of esters is 1. The Morgan fingerprint density at radius 2 is 1.80 bits per heavy atom. The lowest BCUT2D eigenvalue weighted by atomic mass is 10.3. The molecule has 0 aliphatic carbocycles. The highest BCUT2D eigenvalue weighted by Crippen LogP contribution is 2.27. The summed E-state index contributed by atoms with van der Waals surface area (Å²) in [5, 5.41) is 2.61. The van der Waals surface area contributed by atoms with Crippen molar-refractivity contribution < 1.29 is 35.3 Å². The third-order valence-electron chi connectivity index (χ3n) is 2.01. The number of carbonyl (C=O) groups excluding carboxylic acids is 1. The van der Waals surface area contributed by atoms with Crippen LogP contribution in [0.4, 0.5) is 18.9 Å². The molecule has 0 aliphatic rings. The summed E-state index contributed by atoms with van der Waals surface area (Å²) in [5.41, 5.74) is -5.11. The van der Waals surface area contributed by atoms with Gasteiger partial charge in [-0.05, 0) is 24.3 Å². The van der Waals surface area contributed by atoms with Gasteiger partial charge in [-0.2, -0.15) is 21.6 Å². The number of hydrogen-bond acceptors (Lipinski definition) is 6. The van der Waals surface area contributed by atoms with Gasteiger partial charge in [0.2, 0.25) is 0 Å². The van der Waals surface area contributed by atoms with E-state index in [2.05, 4.69) is 14.2 Å². The molecule has 0 saturated heterocycles. The number of methoxy groups -OCH3 is 1. The molecule has 0 bridgehead atoms. The molecule has 0 spiro atoms. The van der Waals surface area contributed by atoms with Gasteiger partial charge in [-0.3, -0.25) is 4.79 Å². The quantitative estimate of drug-likeness (QED) is 0.504. The van der Waals surface area contributed by atoms with Crippen LogP contribution < -0.4 is 9.50 Å². The van der Waals surface area contributed by atoms with Gasteiger partial charge in [0.1, 0.15) is 12.3 Å². The lowest BCUT2D eigenvalue weighted by Crippen LogP contribution is -2.28. The van der Waals surface area contributed by atoms with Crippen molar-refractivity contribution in [3.8, 4) is 5.75 Å². The zero-order chi connectivity index (χ0) is 15.4. The zero-order valence-electron chi connectivity index (χ0n) is 10.1. The maximum atomic E-state index is 12.1. The number of hydrogen-bond donors (Lipinski definition) is 1. The fraction of sp³-hybridized carbons (Fsp3) is 0.300. The molecule has 0 aromatic heterocycles. The average molecular weight is 313 g/mol. The van der Waals surface area contributed by atoms with E-state index in [1.165, 1.54) is 19.2 Å². The van der Waals surface area contributed by atoms with Crippen molar-refractivity contribution in [3.05, 3.63) is 24.3 Å². The maximum absolute atomic E-state index is 12.1. The first-order valence-electron chi connectivity index (χ1n) is 5.07. The number of rotatable bonds is 5. The van der Waals surface area contributed by atoms with Gasteiger partial charge in [0, 0.05) is 5.69 Å². The van der Waals surface area contributed by atoms with Crippen molar-refractivity contribution >= 4 is 21.8 Å². The molecule has 1 aromatic rings. The van der Waals surface area contributed by atoms with E-state index in [0.29, 0.717) is 5.69 Å². The van der Waals surface area contributed by atoms with Crippen molar-refractivity contribution in [1.82, 2.24) is 0 Å². The van der Waals surface area contributed by atoms with Crippen LogP contribution in [0.15, 0.2) is 24.3 Å². The molecule has 0 heterocycles. The first-order chi connectivity index (χ1) is 9.15. The molecular weight excluding hydrogens is 303 g/mol. The number of ether oxygens (including phenoxy) is 1. The van der Waals surface area contributed by atoms with E-state index in [1.807, 2.05) is 0 Å². The number of halogens is 3. The van der Waals surface area contributed by atoms with E-state index in [0.717, 1.165) is 12.1 Å². The van der Waals surface area contributed by atoms with E-state index < -0.39 is 27.3 Å². The Balaban J connectivity index is 2.71. The maximum Gasteiger partial charge on any atom is 0.534 e. The fourth-order valence-electron chi connectivity index (χ4n) is 1.05. The van der Waals surface area contributed by atoms with E-state index in [9.17, 15) is 26.4 Å². The third-order valence-corrected chi connectivity index (χ3v) is 2.99. The second kappa shape index (κ2) is 5.99. The third kappa shape index (κ3) is 4.30. The molecule has 20 heavy (non-hydrogen) atoms. The van der Waals surface area contributed by atoms with Crippen LogP contribution in [0.2, 0.25) is 0 Å². The van der Waals surface area contributed by atoms with Crippen LogP contribution in [0.1, 0.15) is 0 Å². The Labute approximate surface area is 112 Å². The first kappa shape index (κ1) is 16.1. The van der Waals surface area contributed by atoms with Crippen LogP contribution in [0.5, 0.6) is 5.75 Å². The zero-order valence-corrected chi connectivity index (χ0v) is 10.9. The summed E-state index contributed by atoms with van der Waals surface area (Å²) in [6.45, 7) is -0.141. The van der Waals surface area contributed by atoms with Gasteiger partial charge < -0.3 is 14.2 Å². The summed E-state index contributed by atoms with van der Waals surface area (Å²) in [6.07, 6.45) is 0. The number of benzene rings is 1. The Bertz CT molecular complexity index is 568. The van der Waals surface area contributed by atoms with Gasteiger partial charge >= 0.3 is 21.6 Å². The van der Waals surface area contributed by atoms with Gasteiger partial charge in [-0.25, -0.2) is 0 Å². The van der Waals surface area contributed by atoms with Crippen molar-refractivity contribution in [2.45, 2.75) is 5.51 Å². The Hall–Kier alpha value is -1.97. The molecule has 1 rings (SSSR count). The van der Waals surface area contributed by atoms with Crippen LogP contribution in [-0.4, -0.2) is 33.5 Å². The smallest absolute Gasteiger partial charge is 0.468 e. The molecule has 112 valence electrons. The Morgan fingerprint density at radius 3 is 2.25 bits per heavy atom. The topological polar surface area (TPSA) is 81.7 Å². The van der Waals surface area contributed by atoms with Crippen LogP contribution in [0.25, 0.3) is 0 Å². The second-order valence-electron chi connectivity index (χ2n) is 3.44.